The smallest absolute Gasteiger partial charge is 0.223 e. The van der Waals surface area contributed by atoms with Crippen molar-refractivity contribution in [3.63, 3.8) is 0 Å². The number of nitrogens with one attached hydrogen (secondary N) is 1. The molecule has 0 spiro atoms. The molecule has 3 heteroatoms. The fourth-order valence-corrected chi connectivity index (χ4v) is 1.77. The van der Waals surface area contributed by atoms with Crippen LogP contribution in [0.2, 0.25) is 0 Å². The molecule has 1 rings (SSSR count). The summed E-state index contributed by atoms with van der Waals surface area (Å²) in [6.07, 6.45) is 1.87. The van der Waals surface area contributed by atoms with E-state index in [1.807, 2.05) is 0 Å². The van der Waals surface area contributed by atoms with E-state index in [9.17, 15) is 9.18 Å². The Kier molecular flexibility index (Phi) is 2.70. The number of carbonyl (C=O) groups is 1. The molecule has 1 aliphatic carbocycles. The highest BCUT2D eigenvalue weighted by atomic mass is 19.1. The molecule has 12 heavy (non-hydrogen) atoms. The van der Waals surface area contributed by atoms with Gasteiger partial charge in [-0.2, -0.15) is 0 Å². The molecular weight excluding hydrogens is 157 g/mol. The van der Waals surface area contributed by atoms with Gasteiger partial charge in [-0.3, -0.25) is 4.79 Å². The maximum atomic E-state index is 11.7. The van der Waals surface area contributed by atoms with Crippen molar-refractivity contribution in [3.8, 4) is 0 Å². The summed E-state index contributed by atoms with van der Waals surface area (Å²) in [5, 5.41) is 2.56. The van der Waals surface area contributed by atoms with E-state index in [-0.39, 0.29) is 18.4 Å². The molecule has 0 radical (unpaired) electrons. The number of hydrogen-bond acceptors (Lipinski definition) is 1. The lowest BCUT2D eigenvalue weighted by Gasteiger charge is -2.41. The maximum absolute atomic E-state index is 11.7. The van der Waals surface area contributed by atoms with E-state index in [2.05, 4.69) is 19.2 Å². The van der Waals surface area contributed by atoms with Crippen molar-refractivity contribution in [2.24, 2.45) is 11.3 Å². The van der Waals surface area contributed by atoms with E-state index >= 15 is 0 Å². The Bertz CT molecular complexity index is 171. The van der Waals surface area contributed by atoms with Crippen molar-refractivity contribution in [1.29, 1.82) is 0 Å². The molecule has 1 N–H and O–H groups in total. The molecule has 0 atom stereocenters. The molecule has 2 nitrogen and oxygen atoms in total. The van der Waals surface area contributed by atoms with Gasteiger partial charge >= 0.3 is 0 Å². The zero-order valence-electron chi connectivity index (χ0n) is 7.69. The molecule has 0 bridgehead atoms. The molecule has 0 aromatic heterocycles. The lowest BCUT2D eigenvalue weighted by Crippen LogP contribution is -2.43. The third-order valence-electron chi connectivity index (χ3n) is 2.36. The first kappa shape index (κ1) is 9.49. The molecule has 70 valence electrons. The molecule has 0 aliphatic heterocycles. The fourth-order valence-electron chi connectivity index (χ4n) is 1.77. The minimum absolute atomic E-state index is 0.0203. The van der Waals surface area contributed by atoms with Gasteiger partial charge in [-0.25, -0.2) is 4.39 Å². The second kappa shape index (κ2) is 3.42. The highest BCUT2D eigenvalue weighted by molar-refractivity contribution is 5.79. The van der Waals surface area contributed by atoms with Crippen LogP contribution >= 0.6 is 0 Å². The summed E-state index contributed by atoms with van der Waals surface area (Å²) < 4.78 is 11.7. The van der Waals surface area contributed by atoms with Gasteiger partial charge in [-0.15, -0.1) is 0 Å². The van der Waals surface area contributed by atoms with E-state index < -0.39 is 6.67 Å². The monoisotopic (exact) mass is 173 g/mol. The highest BCUT2D eigenvalue weighted by Gasteiger charge is 2.39. The van der Waals surface area contributed by atoms with Crippen LogP contribution in [-0.2, 0) is 4.79 Å². The Labute approximate surface area is 72.5 Å². The Balaban J connectivity index is 2.19. The lowest BCUT2D eigenvalue weighted by molar-refractivity contribution is -0.131. The molecule has 0 aromatic carbocycles. The average molecular weight is 173 g/mol. The van der Waals surface area contributed by atoms with Gasteiger partial charge in [-0.1, -0.05) is 13.8 Å². The second-order valence-corrected chi connectivity index (χ2v) is 4.25. The van der Waals surface area contributed by atoms with Gasteiger partial charge in [0.25, 0.3) is 0 Å². The summed E-state index contributed by atoms with van der Waals surface area (Å²) >= 11 is 0. The van der Waals surface area contributed by atoms with Crippen molar-refractivity contribution < 1.29 is 9.18 Å². The number of amides is 1. The first-order chi connectivity index (χ1) is 5.55. The van der Waals surface area contributed by atoms with Crippen molar-refractivity contribution in [2.75, 3.05) is 13.2 Å². The predicted octanol–water partition coefficient (Wildman–Crippen LogP) is 1.51. The first-order valence-corrected chi connectivity index (χ1v) is 4.39. The molecule has 0 heterocycles. The van der Waals surface area contributed by atoms with E-state index in [0.717, 1.165) is 12.8 Å². The van der Waals surface area contributed by atoms with Crippen LogP contribution < -0.4 is 5.32 Å². The SMILES string of the molecule is CC1(C)CC(C(=O)NCCF)C1. The fraction of sp³-hybridized carbons (Fsp3) is 0.889. The quantitative estimate of drug-likeness (QED) is 0.688. The maximum Gasteiger partial charge on any atom is 0.223 e. The standard InChI is InChI=1S/C9H16FNO/c1-9(2)5-7(6-9)8(12)11-4-3-10/h7H,3-6H2,1-2H3,(H,11,12). The summed E-state index contributed by atoms with van der Waals surface area (Å²) in [6.45, 7) is 3.98. The van der Waals surface area contributed by atoms with E-state index in [1.165, 1.54) is 0 Å². The van der Waals surface area contributed by atoms with E-state index in [1.54, 1.807) is 0 Å². The molecule has 1 aliphatic rings. The molecule has 0 aromatic rings. The minimum Gasteiger partial charge on any atom is -0.353 e. The predicted molar refractivity (Wildman–Crippen MR) is 45.5 cm³/mol. The summed E-state index contributed by atoms with van der Waals surface area (Å²) in [4.78, 5) is 11.2. The Morgan fingerprint density at radius 1 is 1.58 bits per heavy atom. The lowest BCUT2D eigenvalue weighted by atomic mass is 9.64. The molecule has 0 unspecified atom stereocenters. The van der Waals surface area contributed by atoms with Gasteiger partial charge in [0.15, 0.2) is 0 Å². The van der Waals surface area contributed by atoms with Crippen LogP contribution in [0.3, 0.4) is 0 Å². The van der Waals surface area contributed by atoms with Crippen LogP contribution in [-0.4, -0.2) is 19.1 Å². The van der Waals surface area contributed by atoms with Crippen molar-refractivity contribution in [2.45, 2.75) is 26.7 Å². The number of halogens is 1. The van der Waals surface area contributed by atoms with E-state index in [0.29, 0.717) is 5.41 Å². The topological polar surface area (TPSA) is 29.1 Å². The second-order valence-electron chi connectivity index (χ2n) is 4.25. The van der Waals surface area contributed by atoms with Crippen LogP contribution in [0.25, 0.3) is 0 Å². The third-order valence-corrected chi connectivity index (χ3v) is 2.36. The van der Waals surface area contributed by atoms with Gasteiger partial charge in [0.05, 0.1) is 0 Å². The van der Waals surface area contributed by atoms with Crippen molar-refractivity contribution >= 4 is 5.91 Å². The van der Waals surface area contributed by atoms with Gasteiger partial charge in [-0.05, 0) is 18.3 Å². The summed E-state index contributed by atoms with van der Waals surface area (Å²) in [5.74, 6) is 0.151. The van der Waals surface area contributed by atoms with Crippen LogP contribution in [0.15, 0.2) is 0 Å². The normalized spacial score (nSPS) is 21.6. The Morgan fingerprint density at radius 2 is 2.17 bits per heavy atom. The van der Waals surface area contributed by atoms with Gasteiger partial charge in [0, 0.05) is 12.5 Å². The zero-order chi connectivity index (χ0) is 9.19. The molecule has 1 saturated carbocycles. The summed E-state index contributed by atoms with van der Waals surface area (Å²) in [6, 6.07) is 0. The molecular formula is C9H16FNO. The largest absolute Gasteiger partial charge is 0.353 e. The van der Waals surface area contributed by atoms with E-state index in [4.69, 9.17) is 0 Å². The molecule has 0 saturated heterocycles. The zero-order valence-corrected chi connectivity index (χ0v) is 7.69. The van der Waals surface area contributed by atoms with Gasteiger partial charge < -0.3 is 5.32 Å². The number of alkyl halides is 1. The number of carbonyl (C=O) groups excluding carboxylic acids is 1. The molecule has 1 amide bonds. The Hall–Kier alpha value is -0.600. The number of rotatable bonds is 3. The highest BCUT2D eigenvalue weighted by Crippen LogP contribution is 2.44. The molecule has 1 fully saturated rings. The summed E-state index contributed by atoms with van der Waals surface area (Å²) in [5.41, 5.74) is 0.317. The minimum atomic E-state index is -0.470. The van der Waals surface area contributed by atoms with Gasteiger partial charge in [0.1, 0.15) is 6.67 Å². The van der Waals surface area contributed by atoms with Crippen molar-refractivity contribution in [1.82, 2.24) is 5.32 Å². The summed E-state index contributed by atoms with van der Waals surface area (Å²) in [7, 11) is 0. The van der Waals surface area contributed by atoms with Crippen LogP contribution in [0.5, 0.6) is 0 Å². The van der Waals surface area contributed by atoms with Crippen LogP contribution in [0, 0.1) is 11.3 Å². The average Bonchev–Trinajstić information content (AvgIpc) is 1.95. The first-order valence-electron chi connectivity index (χ1n) is 4.39. The van der Waals surface area contributed by atoms with Crippen molar-refractivity contribution in [3.05, 3.63) is 0 Å². The number of hydrogen-bond donors (Lipinski definition) is 1. The van der Waals surface area contributed by atoms with Gasteiger partial charge in [0.2, 0.25) is 5.91 Å². The van der Waals surface area contributed by atoms with Crippen LogP contribution in [0.4, 0.5) is 4.39 Å². The third kappa shape index (κ3) is 2.19. The Morgan fingerprint density at radius 3 is 2.58 bits per heavy atom. The van der Waals surface area contributed by atoms with Crippen LogP contribution in [0.1, 0.15) is 26.7 Å².